The molecule has 0 amide bonds. The molecule has 130 valence electrons. The predicted octanol–water partition coefficient (Wildman–Crippen LogP) is 5.37. The summed E-state index contributed by atoms with van der Waals surface area (Å²) in [4.78, 5) is 8.75. The van der Waals surface area contributed by atoms with Gasteiger partial charge in [0.15, 0.2) is 0 Å². The van der Waals surface area contributed by atoms with Crippen molar-refractivity contribution in [3.63, 3.8) is 0 Å². The van der Waals surface area contributed by atoms with Crippen LogP contribution in [0.25, 0.3) is 11.3 Å². The van der Waals surface area contributed by atoms with Gasteiger partial charge in [0.1, 0.15) is 0 Å². The Labute approximate surface area is 158 Å². The summed E-state index contributed by atoms with van der Waals surface area (Å²) in [6.07, 6.45) is 6.37. The van der Waals surface area contributed by atoms with Gasteiger partial charge in [0, 0.05) is 34.2 Å². The van der Waals surface area contributed by atoms with Gasteiger partial charge in [0.2, 0.25) is 0 Å². The maximum Gasteiger partial charge on any atom is 0.0735 e. The van der Waals surface area contributed by atoms with E-state index in [0.717, 1.165) is 17.7 Å². The fraction of sp³-hybridized carbons (Fsp3) is 0.200. The Bertz CT molecular complexity index is 787. The first-order valence-electron chi connectivity index (χ1n) is 8.01. The molecule has 0 saturated heterocycles. The van der Waals surface area contributed by atoms with Gasteiger partial charge in [-0.25, -0.2) is 0 Å². The third-order valence-corrected chi connectivity index (χ3v) is 4.24. The second-order valence-electron chi connectivity index (χ2n) is 5.56. The number of pyridine rings is 2. The molecule has 25 heavy (non-hydrogen) atoms. The predicted molar refractivity (Wildman–Crippen MR) is 106 cm³/mol. The Morgan fingerprint density at radius 1 is 1.00 bits per heavy atom. The molecule has 2 heterocycles. The van der Waals surface area contributed by atoms with E-state index < -0.39 is 0 Å². The van der Waals surface area contributed by atoms with Gasteiger partial charge in [-0.15, -0.1) is 0 Å². The average Bonchev–Trinajstić information content (AvgIpc) is 2.64. The first-order valence-corrected chi connectivity index (χ1v) is 8.77. The van der Waals surface area contributed by atoms with Crippen molar-refractivity contribution in [2.75, 3.05) is 7.05 Å². The van der Waals surface area contributed by atoms with Crippen molar-refractivity contribution in [3.05, 3.63) is 82.2 Å². The zero-order chi connectivity index (χ0) is 18.2. The Morgan fingerprint density at radius 3 is 2.32 bits per heavy atom. The van der Waals surface area contributed by atoms with Crippen molar-refractivity contribution >= 4 is 23.2 Å². The van der Waals surface area contributed by atoms with Crippen molar-refractivity contribution in [1.29, 1.82) is 0 Å². The first kappa shape index (κ1) is 19.4. The minimum absolute atomic E-state index is 0.348. The number of nitrogens with zero attached hydrogens (tertiary/aromatic N) is 2. The summed E-state index contributed by atoms with van der Waals surface area (Å²) >= 11 is 12.3. The third kappa shape index (κ3) is 5.27. The summed E-state index contributed by atoms with van der Waals surface area (Å²) in [5.41, 5.74) is 8.75. The number of halogens is 2. The number of benzene rings is 1. The molecular formula is C20H21Cl2N3. The first-order chi connectivity index (χ1) is 12.1. The van der Waals surface area contributed by atoms with Gasteiger partial charge in [-0.3, -0.25) is 9.97 Å². The Balaban J connectivity index is 0.00000109. The van der Waals surface area contributed by atoms with Crippen LogP contribution in [0.5, 0.6) is 0 Å². The molecule has 0 radical (unpaired) electrons. The lowest BCUT2D eigenvalue weighted by molar-refractivity contribution is 0.753. The molecule has 3 rings (SSSR count). The van der Waals surface area contributed by atoms with Crippen molar-refractivity contribution in [3.8, 4) is 11.3 Å². The molecule has 0 fully saturated rings. The summed E-state index contributed by atoms with van der Waals surface area (Å²) in [6, 6.07) is 13.6. The number of hydrogen-bond acceptors (Lipinski definition) is 3. The van der Waals surface area contributed by atoms with Gasteiger partial charge in [-0.2, -0.15) is 0 Å². The van der Waals surface area contributed by atoms with Crippen molar-refractivity contribution in [2.45, 2.75) is 19.3 Å². The second kappa shape index (κ2) is 9.52. The molecule has 0 spiro atoms. The van der Waals surface area contributed by atoms with Crippen LogP contribution in [0.3, 0.4) is 0 Å². The topological polar surface area (TPSA) is 51.8 Å². The van der Waals surface area contributed by atoms with Crippen LogP contribution in [-0.4, -0.2) is 17.0 Å². The van der Waals surface area contributed by atoms with Crippen LogP contribution in [0.4, 0.5) is 0 Å². The molecule has 5 heteroatoms. The highest BCUT2D eigenvalue weighted by Gasteiger charge is 2.13. The summed E-state index contributed by atoms with van der Waals surface area (Å²) in [5.74, 6) is 0.348. The summed E-state index contributed by atoms with van der Waals surface area (Å²) in [6.45, 7) is 2.19. The minimum Gasteiger partial charge on any atom is -0.333 e. The maximum absolute atomic E-state index is 6.13. The quantitative estimate of drug-likeness (QED) is 0.668. The molecule has 0 aliphatic carbocycles. The lowest BCUT2D eigenvalue weighted by atomic mass is 9.92. The van der Waals surface area contributed by atoms with E-state index in [2.05, 4.69) is 34.8 Å². The normalized spacial score (nSPS) is 11.4. The van der Waals surface area contributed by atoms with E-state index in [-0.39, 0.29) is 0 Å². The van der Waals surface area contributed by atoms with Crippen LogP contribution in [0.15, 0.2) is 61.1 Å². The smallest absolute Gasteiger partial charge is 0.0735 e. The lowest BCUT2D eigenvalue weighted by Gasteiger charge is -2.14. The highest BCUT2D eigenvalue weighted by molar-refractivity contribution is 6.35. The van der Waals surface area contributed by atoms with Crippen LogP contribution in [0.1, 0.15) is 24.0 Å². The average molecular weight is 374 g/mol. The third-order valence-electron chi connectivity index (χ3n) is 3.81. The van der Waals surface area contributed by atoms with Gasteiger partial charge in [-0.1, -0.05) is 42.3 Å². The van der Waals surface area contributed by atoms with Crippen molar-refractivity contribution in [2.24, 2.45) is 5.73 Å². The van der Waals surface area contributed by atoms with Gasteiger partial charge in [0.25, 0.3) is 0 Å². The van der Waals surface area contributed by atoms with E-state index in [1.54, 1.807) is 18.5 Å². The summed E-state index contributed by atoms with van der Waals surface area (Å²) < 4.78 is 0. The van der Waals surface area contributed by atoms with Crippen LogP contribution in [-0.2, 0) is 6.42 Å². The van der Waals surface area contributed by atoms with Crippen LogP contribution >= 0.6 is 23.2 Å². The van der Waals surface area contributed by atoms with Crippen LogP contribution in [0, 0.1) is 0 Å². The largest absolute Gasteiger partial charge is 0.333 e. The molecule has 2 aromatic heterocycles. The number of rotatable bonds is 4. The number of nitrogens with two attached hydrogens (primary N) is 1. The monoisotopic (exact) mass is 373 g/mol. The van der Waals surface area contributed by atoms with Crippen molar-refractivity contribution in [1.82, 2.24) is 9.97 Å². The number of aromatic nitrogens is 2. The van der Waals surface area contributed by atoms with Crippen molar-refractivity contribution < 1.29 is 0 Å². The molecule has 2 N–H and O–H groups in total. The summed E-state index contributed by atoms with van der Waals surface area (Å²) in [7, 11) is 1.50. The molecule has 0 aliphatic heterocycles. The van der Waals surface area contributed by atoms with E-state index in [9.17, 15) is 0 Å². The summed E-state index contributed by atoms with van der Waals surface area (Å²) in [5, 5.41) is 1.23. The second-order valence-corrected chi connectivity index (χ2v) is 6.43. The zero-order valence-electron chi connectivity index (χ0n) is 14.3. The van der Waals surface area contributed by atoms with E-state index in [4.69, 9.17) is 23.2 Å². The Morgan fingerprint density at radius 2 is 1.68 bits per heavy atom. The molecule has 3 aromatic rings. The molecule has 0 aliphatic rings. The SMILES string of the molecule is CC(Cc1cccnc1-c1cc(Cl)cc(Cl)c1)c1cccnc1.CN. The van der Waals surface area contributed by atoms with E-state index >= 15 is 0 Å². The minimum atomic E-state index is 0.348. The molecule has 1 aromatic carbocycles. The standard InChI is InChI=1S/C19H16Cl2N2.CH5N/c1-13(15-5-2-6-22-12-15)8-14-4-3-7-23-19(14)16-9-17(20)11-18(21)10-16;1-2/h2-7,9-13H,8H2,1H3;2H2,1H3. The zero-order valence-corrected chi connectivity index (χ0v) is 15.8. The van der Waals surface area contributed by atoms with Crippen LogP contribution < -0.4 is 5.73 Å². The molecule has 1 atom stereocenters. The fourth-order valence-electron chi connectivity index (χ4n) is 2.67. The Kier molecular flexibility index (Phi) is 7.38. The lowest BCUT2D eigenvalue weighted by Crippen LogP contribution is -2.01. The molecule has 0 saturated carbocycles. The van der Waals surface area contributed by atoms with E-state index in [0.29, 0.717) is 16.0 Å². The highest BCUT2D eigenvalue weighted by Crippen LogP contribution is 2.30. The maximum atomic E-state index is 6.13. The van der Waals surface area contributed by atoms with E-state index in [1.165, 1.54) is 18.2 Å². The number of hydrogen-bond donors (Lipinski definition) is 1. The molecular weight excluding hydrogens is 353 g/mol. The van der Waals surface area contributed by atoms with Gasteiger partial charge < -0.3 is 5.73 Å². The molecule has 3 nitrogen and oxygen atoms in total. The van der Waals surface area contributed by atoms with Gasteiger partial charge in [-0.05, 0) is 60.8 Å². The van der Waals surface area contributed by atoms with E-state index in [1.807, 2.05) is 30.5 Å². The molecule has 0 bridgehead atoms. The Hall–Kier alpha value is -1.94. The van der Waals surface area contributed by atoms with Gasteiger partial charge in [0.05, 0.1) is 5.69 Å². The fourth-order valence-corrected chi connectivity index (χ4v) is 3.20. The highest BCUT2D eigenvalue weighted by atomic mass is 35.5. The van der Waals surface area contributed by atoms with Gasteiger partial charge >= 0.3 is 0 Å². The van der Waals surface area contributed by atoms with Crippen LogP contribution in [0.2, 0.25) is 10.0 Å². The molecule has 1 unspecified atom stereocenters.